The number of thiol groups is 1. The van der Waals surface area contributed by atoms with Crippen LogP contribution in [-0.2, 0) is 8.92 Å². The average Bonchev–Trinajstić information content (AvgIpc) is 2.15. The Bertz CT molecular complexity index is 119. The topological polar surface area (TPSA) is 18.5 Å². The molecule has 3 heteroatoms. The van der Waals surface area contributed by atoms with Gasteiger partial charge in [-0.05, 0) is 32.2 Å². The number of ether oxygens (including phenoxy) is 1. The molecule has 0 aromatic heterocycles. The van der Waals surface area contributed by atoms with Crippen molar-refractivity contribution in [2.24, 2.45) is 0 Å². The van der Waals surface area contributed by atoms with Gasteiger partial charge >= 0.3 is 0 Å². The van der Waals surface area contributed by atoms with Crippen LogP contribution in [0.5, 0.6) is 0 Å². The molecule has 0 aliphatic heterocycles. The summed E-state index contributed by atoms with van der Waals surface area (Å²) in [7, 11) is 0. The Morgan fingerprint density at radius 3 is 2.50 bits per heavy atom. The zero-order valence-electron chi connectivity index (χ0n) is 7.66. The Morgan fingerprint density at radius 1 is 1.25 bits per heavy atom. The third-order valence-electron chi connectivity index (χ3n) is 2.31. The number of hydrogen-bond acceptors (Lipinski definition) is 3. The highest BCUT2D eigenvalue weighted by atomic mass is 32.1. The first-order valence-corrected chi connectivity index (χ1v) is 5.16. The van der Waals surface area contributed by atoms with Crippen molar-refractivity contribution < 1.29 is 8.92 Å². The van der Waals surface area contributed by atoms with E-state index in [1.54, 1.807) is 0 Å². The Kier molecular flexibility index (Phi) is 5.04. The van der Waals surface area contributed by atoms with Crippen molar-refractivity contribution in [2.75, 3.05) is 6.61 Å². The molecule has 2 unspecified atom stereocenters. The third kappa shape index (κ3) is 2.96. The lowest BCUT2D eigenvalue weighted by Crippen LogP contribution is -2.33. The standard InChI is InChI=1S/C9H18O2S/c1-2-7-10-8-5-3-4-6-9(8)11-12/h8-9,12H,2-7H2,1H3. The molecular formula is C9H18O2S. The van der Waals surface area contributed by atoms with Crippen LogP contribution in [0.25, 0.3) is 0 Å². The monoisotopic (exact) mass is 190 g/mol. The molecule has 12 heavy (non-hydrogen) atoms. The minimum Gasteiger partial charge on any atom is -0.375 e. The van der Waals surface area contributed by atoms with E-state index in [0.717, 1.165) is 25.9 Å². The minimum atomic E-state index is 0.216. The highest BCUT2D eigenvalue weighted by Gasteiger charge is 2.25. The second-order valence-electron chi connectivity index (χ2n) is 3.34. The zero-order valence-corrected chi connectivity index (χ0v) is 8.56. The summed E-state index contributed by atoms with van der Waals surface area (Å²) in [5, 5.41) is 0. The Morgan fingerprint density at radius 2 is 1.92 bits per heavy atom. The highest BCUT2D eigenvalue weighted by Crippen LogP contribution is 2.24. The summed E-state index contributed by atoms with van der Waals surface area (Å²) in [6.45, 7) is 2.97. The fourth-order valence-corrected chi connectivity index (χ4v) is 1.88. The molecule has 1 aliphatic rings. The first-order chi connectivity index (χ1) is 5.88. The van der Waals surface area contributed by atoms with Gasteiger partial charge in [-0.3, -0.25) is 0 Å². The molecule has 0 amide bonds. The molecule has 0 aromatic rings. The minimum absolute atomic E-state index is 0.216. The summed E-state index contributed by atoms with van der Waals surface area (Å²) in [4.78, 5) is 0. The Balaban J connectivity index is 2.26. The van der Waals surface area contributed by atoms with Crippen molar-refractivity contribution in [3.63, 3.8) is 0 Å². The largest absolute Gasteiger partial charge is 0.375 e. The predicted octanol–water partition coefficient (Wildman–Crippen LogP) is 2.59. The van der Waals surface area contributed by atoms with E-state index in [9.17, 15) is 0 Å². The highest BCUT2D eigenvalue weighted by molar-refractivity contribution is 7.75. The van der Waals surface area contributed by atoms with Crippen LogP contribution in [0.4, 0.5) is 0 Å². The quantitative estimate of drug-likeness (QED) is 0.542. The predicted molar refractivity (Wildman–Crippen MR) is 52.4 cm³/mol. The van der Waals surface area contributed by atoms with Crippen molar-refractivity contribution in [1.82, 2.24) is 0 Å². The molecule has 1 aliphatic carbocycles. The van der Waals surface area contributed by atoms with Crippen LogP contribution < -0.4 is 0 Å². The first-order valence-electron chi connectivity index (χ1n) is 4.80. The van der Waals surface area contributed by atoms with Crippen LogP contribution in [0.3, 0.4) is 0 Å². The molecule has 1 rings (SSSR count). The summed E-state index contributed by atoms with van der Waals surface area (Å²) in [5.41, 5.74) is 0. The smallest absolute Gasteiger partial charge is 0.0980 e. The lowest BCUT2D eigenvalue weighted by molar-refractivity contribution is -0.0393. The summed E-state index contributed by atoms with van der Waals surface area (Å²) in [6, 6.07) is 0. The van der Waals surface area contributed by atoms with E-state index in [-0.39, 0.29) is 12.2 Å². The first kappa shape index (κ1) is 10.4. The van der Waals surface area contributed by atoms with E-state index >= 15 is 0 Å². The van der Waals surface area contributed by atoms with Crippen molar-refractivity contribution in [3.05, 3.63) is 0 Å². The molecule has 0 N–H and O–H groups in total. The molecule has 0 radical (unpaired) electrons. The van der Waals surface area contributed by atoms with Gasteiger partial charge in [0.25, 0.3) is 0 Å². The van der Waals surface area contributed by atoms with E-state index < -0.39 is 0 Å². The van der Waals surface area contributed by atoms with Crippen LogP contribution in [0, 0.1) is 0 Å². The fraction of sp³-hybridized carbons (Fsp3) is 1.00. The van der Waals surface area contributed by atoms with E-state index in [0.29, 0.717) is 0 Å². The van der Waals surface area contributed by atoms with Gasteiger partial charge in [0.05, 0.1) is 12.2 Å². The van der Waals surface area contributed by atoms with Gasteiger partial charge < -0.3 is 8.92 Å². The normalized spacial score (nSPS) is 30.5. The molecule has 0 bridgehead atoms. The molecule has 2 atom stereocenters. The van der Waals surface area contributed by atoms with Gasteiger partial charge in [-0.1, -0.05) is 19.8 Å². The fourth-order valence-electron chi connectivity index (χ4n) is 1.64. The molecule has 1 fully saturated rings. The van der Waals surface area contributed by atoms with Gasteiger partial charge in [-0.25, -0.2) is 0 Å². The van der Waals surface area contributed by atoms with E-state index in [4.69, 9.17) is 8.92 Å². The van der Waals surface area contributed by atoms with Crippen LogP contribution in [-0.4, -0.2) is 18.8 Å². The van der Waals surface area contributed by atoms with E-state index in [1.807, 2.05) is 0 Å². The van der Waals surface area contributed by atoms with Gasteiger partial charge in [0.15, 0.2) is 0 Å². The second-order valence-corrected chi connectivity index (χ2v) is 3.55. The SMILES string of the molecule is CCCOC1CCCCC1OS. The van der Waals surface area contributed by atoms with Gasteiger partial charge in [0, 0.05) is 6.61 Å². The van der Waals surface area contributed by atoms with E-state index in [2.05, 4.69) is 19.8 Å². The maximum Gasteiger partial charge on any atom is 0.0980 e. The van der Waals surface area contributed by atoms with Crippen molar-refractivity contribution >= 4 is 12.9 Å². The van der Waals surface area contributed by atoms with Crippen molar-refractivity contribution in [2.45, 2.75) is 51.2 Å². The van der Waals surface area contributed by atoms with Crippen molar-refractivity contribution in [3.8, 4) is 0 Å². The molecule has 2 nitrogen and oxygen atoms in total. The molecule has 0 aromatic carbocycles. The maximum atomic E-state index is 5.66. The van der Waals surface area contributed by atoms with Gasteiger partial charge in [-0.15, -0.1) is 0 Å². The maximum absolute atomic E-state index is 5.66. The molecule has 72 valence electrons. The van der Waals surface area contributed by atoms with Crippen molar-refractivity contribution in [1.29, 1.82) is 0 Å². The summed E-state index contributed by atoms with van der Waals surface area (Å²) in [5.74, 6) is 0. The lowest BCUT2D eigenvalue weighted by atomic mass is 9.95. The summed E-state index contributed by atoms with van der Waals surface area (Å²) in [6.07, 6.45) is 6.32. The zero-order chi connectivity index (χ0) is 8.81. The third-order valence-corrected chi connectivity index (χ3v) is 2.58. The molecule has 1 saturated carbocycles. The summed E-state index contributed by atoms with van der Waals surface area (Å²) < 4.78 is 10.7. The van der Waals surface area contributed by atoms with Crippen LogP contribution >= 0.6 is 12.9 Å². The van der Waals surface area contributed by atoms with Gasteiger partial charge in [0.1, 0.15) is 0 Å². The molecular weight excluding hydrogens is 172 g/mol. The number of hydrogen-bond donors (Lipinski definition) is 1. The molecule has 0 heterocycles. The van der Waals surface area contributed by atoms with Crippen LogP contribution in [0.15, 0.2) is 0 Å². The molecule has 0 saturated heterocycles. The Hall–Kier alpha value is 0.270. The number of rotatable bonds is 4. The van der Waals surface area contributed by atoms with Crippen LogP contribution in [0.2, 0.25) is 0 Å². The van der Waals surface area contributed by atoms with E-state index in [1.165, 1.54) is 12.8 Å². The Labute approximate surface area is 80.2 Å². The van der Waals surface area contributed by atoms with Crippen LogP contribution in [0.1, 0.15) is 39.0 Å². The van der Waals surface area contributed by atoms with Gasteiger partial charge in [0.2, 0.25) is 0 Å². The summed E-state index contributed by atoms with van der Waals surface area (Å²) >= 11 is 3.86. The average molecular weight is 190 g/mol. The van der Waals surface area contributed by atoms with Gasteiger partial charge in [-0.2, -0.15) is 0 Å². The lowest BCUT2D eigenvalue weighted by Gasteiger charge is -2.29. The second kappa shape index (κ2) is 5.84. The molecule has 0 spiro atoms.